The zero-order valence-corrected chi connectivity index (χ0v) is 22.0. The molecular weight excluding hydrogens is 495 g/mol. The van der Waals surface area contributed by atoms with Crippen LogP contribution in [-0.2, 0) is 21.9 Å². The molecule has 1 fully saturated rings. The molecule has 6 nitrogen and oxygen atoms in total. The molecule has 1 unspecified atom stereocenters. The molecule has 1 saturated heterocycles. The number of halogens is 2. The van der Waals surface area contributed by atoms with E-state index in [2.05, 4.69) is 30.7 Å². The summed E-state index contributed by atoms with van der Waals surface area (Å²) < 4.78 is 34.5. The number of aromatic nitrogens is 1. The number of anilines is 1. The minimum absolute atomic E-state index is 0.0348. The van der Waals surface area contributed by atoms with Crippen LogP contribution in [0.5, 0.6) is 5.75 Å². The van der Waals surface area contributed by atoms with Crippen molar-refractivity contribution in [3.8, 4) is 5.75 Å². The number of benzene rings is 2. The van der Waals surface area contributed by atoms with E-state index in [0.29, 0.717) is 21.7 Å². The molecule has 182 valence electrons. The lowest BCUT2D eigenvalue weighted by Crippen LogP contribution is -2.22. The van der Waals surface area contributed by atoms with Crippen LogP contribution in [0.2, 0.25) is 10.0 Å². The average molecular weight is 523 g/mol. The Kier molecular flexibility index (Phi) is 6.91. The minimum Gasteiger partial charge on any atom is -0.486 e. The number of nitrogens with zero attached hydrogens (tertiary/aromatic N) is 2. The number of rotatable bonds is 7. The molecule has 0 spiro atoms. The van der Waals surface area contributed by atoms with Gasteiger partial charge in [-0.25, -0.2) is 13.4 Å². The quantitative estimate of drug-likeness (QED) is 0.371. The van der Waals surface area contributed by atoms with Gasteiger partial charge in [-0.15, -0.1) is 0 Å². The Hall–Kier alpha value is -2.22. The monoisotopic (exact) mass is 522 g/mol. The summed E-state index contributed by atoms with van der Waals surface area (Å²) in [4.78, 5) is 6.04. The second-order valence-electron chi connectivity index (χ2n) is 9.42. The first-order chi connectivity index (χ1) is 16.0. The van der Waals surface area contributed by atoms with E-state index in [0.717, 1.165) is 49.0 Å². The molecule has 2 heterocycles. The third-order valence-corrected chi connectivity index (χ3v) is 7.99. The van der Waals surface area contributed by atoms with E-state index in [-0.39, 0.29) is 22.8 Å². The predicted molar refractivity (Wildman–Crippen MR) is 135 cm³/mol. The summed E-state index contributed by atoms with van der Waals surface area (Å²) in [5.74, 6) is 1.39. The molecule has 3 aromatic rings. The lowest BCUT2D eigenvalue weighted by atomic mass is 9.78. The van der Waals surface area contributed by atoms with Gasteiger partial charge in [-0.1, -0.05) is 56.1 Å². The molecule has 1 aromatic heterocycles. The molecule has 4 rings (SSSR count). The Bertz CT molecular complexity index is 1260. The van der Waals surface area contributed by atoms with Crippen LogP contribution in [0.1, 0.15) is 44.1 Å². The van der Waals surface area contributed by atoms with Crippen LogP contribution in [-0.4, -0.2) is 32.7 Å². The lowest BCUT2D eigenvalue weighted by Gasteiger charge is -2.29. The van der Waals surface area contributed by atoms with Crippen LogP contribution >= 0.6 is 23.2 Å². The van der Waals surface area contributed by atoms with Crippen molar-refractivity contribution in [2.45, 2.75) is 44.2 Å². The van der Waals surface area contributed by atoms with Crippen molar-refractivity contribution in [2.24, 2.45) is 5.92 Å². The summed E-state index contributed by atoms with van der Waals surface area (Å²) in [7, 11) is -3.48. The van der Waals surface area contributed by atoms with Crippen LogP contribution in [0.15, 0.2) is 52.2 Å². The summed E-state index contributed by atoms with van der Waals surface area (Å²) in [6.07, 6.45) is 3.33. The van der Waals surface area contributed by atoms with Gasteiger partial charge in [0.25, 0.3) is 0 Å². The van der Waals surface area contributed by atoms with Crippen LogP contribution in [0.25, 0.3) is 0 Å². The van der Waals surface area contributed by atoms with E-state index in [1.165, 1.54) is 0 Å². The van der Waals surface area contributed by atoms with Gasteiger partial charge >= 0.3 is 0 Å². The summed E-state index contributed by atoms with van der Waals surface area (Å²) in [5, 5.41) is 1.22. The largest absolute Gasteiger partial charge is 0.486 e. The van der Waals surface area contributed by atoms with Crippen molar-refractivity contribution in [1.82, 2.24) is 4.98 Å². The molecule has 34 heavy (non-hydrogen) atoms. The highest BCUT2D eigenvalue weighted by molar-refractivity contribution is 7.90. The van der Waals surface area contributed by atoms with E-state index in [1.807, 2.05) is 36.4 Å². The summed E-state index contributed by atoms with van der Waals surface area (Å²) in [6, 6.07) is 11.7. The highest BCUT2D eigenvalue weighted by atomic mass is 35.5. The van der Waals surface area contributed by atoms with Crippen LogP contribution < -0.4 is 9.64 Å². The minimum atomic E-state index is -3.48. The Morgan fingerprint density at radius 3 is 2.35 bits per heavy atom. The van der Waals surface area contributed by atoms with Crippen molar-refractivity contribution in [3.05, 3.63) is 69.7 Å². The molecule has 0 saturated carbocycles. The molecule has 0 bridgehead atoms. The van der Waals surface area contributed by atoms with Crippen LogP contribution in [0.4, 0.5) is 5.69 Å². The smallest absolute Gasteiger partial charge is 0.200 e. The highest BCUT2D eigenvalue weighted by Gasteiger charge is 2.28. The van der Waals surface area contributed by atoms with Gasteiger partial charge in [-0.2, -0.15) is 0 Å². The first-order valence-electron chi connectivity index (χ1n) is 11.1. The molecular formula is C25H28Cl2N2O4S. The van der Waals surface area contributed by atoms with Crippen molar-refractivity contribution < 1.29 is 17.6 Å². The Labute approximate surface area is 210 Å². The van der Waals surface area contributed by atoms with Crippen molar-refractivity contribution >= 4 is 38.7 Å². The molecule has 1 aliphatic rings. The summed E-state index contributed by atoms with van der Waals surface area (Å²) in [5.41, 5.74) is 2.64. The topological polar surface area (TPSA) is 72.6 Å². The number of sulfone groups is 1. The fourth-order valence-electron chi connectivity index (χ4n) is 4.31. The second-order valence-corrected chi connectivity index (χ2v) is 12.2. The van der Waals surface area contributed by atoms with Crippen molar-refractivity contribution in [2.75, 3.05) is 24.2 Å². The van der Waals surface area contributed by atoms with Gasteiger partial charge < -0.3 is 14.1 Å². The van der Waals surface area contributed by atoms with E-state index in [1.54, 1.807) is 0 Å². The van der Waals surface area contributed by atoms with Crippen LogP contribution in [0.3, 0.4) is 0 Å². The van der Waals surface area contributed by atoms with Gasteiger partial charge in [0.15, 0.2) is 27.0 Å². The van der Waals surface area contributed by atoms with E-state index < -0.39 is 9.84 Å². The maximum atomic E-state index is 11.8. The molecule has 0 aliphatic carbocycles. The van der Waals surface area contributed by atoms with Gasteiger partial charge in [0.1, 0.15) is 12.4 Å². The lowest BCUT2D eigenvalue weighted by molar-refractivity contribution is 0.265. The molecule has 0 radical (unpaired) electrons. The Morgan fingerprint density at radius 1 is 1.15 bits per heavy atom. The molecule has 1 atom stereocenters. The van der Waals surface area contributed by atoms with Gasteiger partial charge in [0, 0.05) is 24.8 Å². The average Bonchev–Trinajstić information content (AvgIpc) is 3.41. The number of ether oxygens (including phenoxy) is 1. The highest BCUT2D eigenvalue weighted by Crippen LogP contribution is 2.42. The van der Waals surface area contributed by atoms with Crippen molar-refractivity contribution in [3.63, 3.8) is 0 Å². The molecule has 0 N–H and O–H groups in total. The third-order valence-electron chi connectivity index (χ3n) is 6.38. The predicted octanol–water partition coefficient (Wildman–Crippen LogP) is 6.14. The van der Waals surface area contributed by atoms with E-state index in [4.69, 9.17) is 32.4 Å². The van der Waals surface area contributed by atoms with E-state index >= 15 is 0 Å². The van der Waals surface area contributed by atoms with Gasteiger partial charge in [0.05, 0.1) is 15.7 Å². The Morgan fingerprint density at radius 2 is 1.79 bits per heavy atom. The number of hydrogen-bond donors (Lipinski definition) is 0. The van der Waals surface area contributed by atoms with Gasteiger partial charge in [-0.3, -0.25) is 0 Å². The SMILES string of the molecule is CC1CCN(c2c(Cl)cc(C(C)(C)c3ccc(OCc4ocnc4S(C)(=O)=O)cc3)cc2Cl)C1. The van der Waals surface area contributed by atoms with Gasteiger partial charge in [0.2, 0.25) is 0 Å². The fourth-order valence-corrected chi connectivity index (χ4v) is 5.79. The molecule has 2 aromatic carbocycles. The summed E-state index contributed by atoms with van der Waals surface area (Å²) >= 11 is 13.4. The first kappa shape index (κ1) is 24.9. The molecule has 0 amide bonds. The summed E-state index contributed by atoms with van der Waals surface area (Å²) in [6.45, 7) is 8.37. The van der Waals surface area contributed by atoms with Crippen LogP contribution in [0, 0.1) is 5.92 Å². The maximum Gasteiger partial charge on any atom is 0.200 e. The Balaban J connectivity index is 1.51. The number of hydrogen-bond acceptors (Lipinski definition) is 6. The second kappa shape index (κ2) is 9.44. The van der Waals surface area contributed by atoms with Crippen molar-refractivity contribution in [1.29, 1.82) is 0 Å². The molecule has 1 aliphatic heterocycles. The standard InChI is InChI=1S/C25H28Cl2N2O4S/c1-16-9-10-29(13-16)23-20(26)11-18(12-21(23)27)25(2,3)17-5-7-19(8-6-17)32-14-22-24(28-15-33-22)34(4,30)31/h5-8,11-12,15-16H,9-10,13-14H2,1-4H3. The third kappa shape index (κ3) is 5.07. The molecule has 9 heteroatoms. The zero-order valence-electron chi connectivity index (χ0n) is 19.6. The number of oxazole rings is 1. The normalized spacial score (nSPS) is 16.8. The maximum absolute atomic E-state index is 11.8. The van der Waals surface area contributed by atoms with E-state index in [9.17, 15) is 8.42 Å². The first-order valence-corrected chi connectivity index (χ1v) is 13.7. The fraction of sp³-hybridized carbons (Fsp3) is 0.400. The zero-order chi connectivity index (χ0) is 24.7. The van der Waals surface area contributed by atoms with Gasteiger partial charge in [-0.05, 0) is 47.7 Å².